The Bertz CT molecular complexity index is 529. The van der Waals surface area contributed by atoms with Crippen LogP contribution in [-0.4, -0.2) is 49.7 Å². The average Bonchev–Trinajstić information content (AvgIpc) is 2.44. The van der Waals surface area contributed by atoms with Crippen LogP contribution in [0.4, 0.5) is 4.79 Å². The van der Waals surface area contributed by atoms with E-state index >= 15 is 0 Å². The van der Waals surface area contributed by atoms with E-state index in [0.29, 0.717) is 0 Å². The molecule has 1 atom stereocenters. The third-order valence-electron chi connectivity index (χ3n) is 2.95. The Morgan fingerprint density at radius 1 is 1.26 bits per heavy atom. The third kappa shape index (κ3) is 5.97. The fraction of sp³-hybridized carbons (Fsp3) is 0.571. The summed E-state index contributed by atoms with van der Waals surface area (Å²) < 4.78 is 9.96. The minimum absolute atomic E-state index is 0.0106. The van der Waals surface area contributed by atoms with Crippen LogP contribution in [0.25, 0.3) is 0 Å². The molecule has 0 fully saturated rings. The van der Waals surface area contributed by atoms with Gasteiger partial charge in [-0.3, -0.25) is 9.59 Å². The molecule has 128 valence electrons. The first-order valence-electron chi connectivity index (χ1n) is 7.22. The van der Waals surface area contributed by atoms with E-state index in [-0.39, 0.29) is 43.4 Å². The molecule has 0 radical (unpaired) electrons. The molecule has 1 aliphatic heterocycles. The van der Waals surface area contributed by atoms with E-state index < -0.39 is 24.0 Å². The van der Waals surface area contributed by atoms with Crippen molar-refractivity contribution in [1.82, 2.24) is 16.0 Å². The Morgan fingerprint density at radius 3 is 2.57 bits per heavy atom. The number of nitrogens with one attached hydrogen (secondary N) is 3. The second-order valence-corrected chi connectivity index (χ2v) is 4.83. The summed E-state index contributed by atoms with van der Waals surface area (Å²) >= 11 is 0. The summed E-state index contributed by atoms with van der Waals surface area (Å²) in [5.74, 6) is -1.39. The van der Waals surface area contributed by atoms with E-state index in [9.17, 15) is 19.2 Å². The highest BCUT2D eigenvalue weighted by Crippen LogP contribution is 2.14. The number of esters is 2. The zero-order chi connectivity index (χ0) is 17.4. The third-order valence-corrected chi connectivity index (χ3v) is 2.95. The average molecular weight is 327 g/mol. The summed E-state index contributed by atoms with van der Waals surface area (Å²) in [6.07, 6.45) is -0.0106. The first-order chi connectivity index (χ1) is 10.8. The number of amides is 3. The van der Waals surface area contributed by atoms with Gasteiger partial charge in [-0.25, -0.2) is 9.59 Å². The molecule has 1 aliphatic rings. The number of hydrogen-bond donors (Lipinski definition) is 3. The lowest BCUT2D eigenvalue weighted by molar-refractivity contribution is -0.143. The van der Waals surface area contributed by atoms with Gasteiger partial charge < -0.3 is 25.4 Å². The predicted molar refractivity (Wildman–Crippen MR) is 79.0 cm³/mol. The van der Waals surface area contributed by atoms with Gasteiger partial charge in [-0.1, -0.05) is 0 Å². The Morgan fingerprint density at radius 2 is 1.96 bits per heavy atom. The van der Waals surface area contributed by atoms with Crippen molar-refractivity contribution < 1.29 is 28.7 Å². The molecule has 0 aliphatic carbocycles. The van der Waals surface area contributed by atoms with E-state index in [1.54, 1.807) is 13.8 Å². The zero-order valence-corrected chi connectivity index (χ0v) is 13.4. The van der Waals surface area contributed by atoms with Crippen molar-refractivity contribution in [2.45, 2.75) is 33.2 Å². The normalized spacial score (nSPS) is 17.0. The van der Waals surface area contributed by atoms with Crippen LogP contribution in [-0.2, 0) is 23.9 Å². The molecular weight excluding hydrogens is 306 g/mol. The molecular formula is C14H21N3O6. The highest BCUT2D eigenvalue weighted by Gasteiger charge is 2.30. The summed E-state index contributed by atoms with van der Waals surface area (Å²) in [6.45, 7) is 4.72. The van der Waals surface area contributed by atoms with Crippen LogP contribution in [0.5, 0.6) is 0 Å². The van der Waals surface area contributed by atoms with E-state index in [4.69, 9.17) is 9.47 Å². The Labute approximate surface area is 133 Å². The van der Waals surface area contributed by atoms with Gasteiger partial charge >= 0.3 is 18.0 Å². The molecule has 1 heterocycles. The van der Waals surface area contributed by atoms with Gasteiger partial charge in [0.25, 0.3) is 0 Å². The molecule has 0 bridgehead atoms. The van der Waals surface area contributed by atoms with Gasteiger partial charge in [0, 0.05) is 13.5 Å². The molecule has 0 aromatic rings. The van der Waals surface area contributed by atoms with Gasteiger partial charge in [0.15, 0.2) is 0 Å². The molecule has 9 heteroatoms. The fourth-order valence-corrected chi connectivity index (χ4v) is 1.96. The Hall–Kier alpha value is -2.58. The van der Waals surface area contributed by atoms with Crippen LogP contribution >= 0.6 is 0 Å². The van der Waals surface area contributed by atoms with Crippen LogP contribution in [0.1, 0.15) is 27.2 Å². The van der Waals surface area contributed by atoms with E-state index in [2.05, 4.69) is 16.0 Å². The van der Waals surface area contributed by atoms with E-state index in [0.717, 1.165) is 0 Å². The highest BCUT2D eigenvalue weighted by atomic mass is 16.5. The van der Waals surface area contributed by atoms with Crippen LogP contribution in [0, 0.1) is 0 Å². The lowest BCUT2D eigenvalue weighted by atomic mass is 10.0. The second-order valence-electron chi connectivity index (χ2n) is 4.83. The summed E-state index contributed by atoms with van der Waals surface area (Å²) in [4.78, 5) is 45.8. The number of carbonyl (C=O) groups excluding carboxylic acids is 4. The standard InChI is InChI=1S/C14H21N3O6/c1-4-22-13(20)12-8(2)16-14(21)17-10(12)7-23-11(19)5-6-15-9(3)18/h8H,4-7H2,1-3H3,(H,15,18)(H2,16,17,21)/t8-/m1/s1. The molecule has 1 rings (SSSR count). The molecule has 0 saturated heterocycles. The summed E-state index contributed by atoms with van der Waals surface area (Å²) in [5, 5.41) is 7.45. The minimum Gasteiger partial charge on any atom is -0.463 e. The van der Waals surface area contributed by atoms with Gasteiger partial charge in [-0.2, -0.15) is 0 Å². The van der Waals surface area contributed by atoms with Crippen molar-refractivity contribution in [3.8, 4) is 0 Å². The van der Waals surface area contributed by atoms with E-state index in [1.807, 2.05) is 0 Å². The number of urea groups is 1. The number of ether oxygens (including phenoxy) is 2. The van der Waals surface area contributed by atoms with Crippen LogP contribution < -0.4 is 16.0 Å². The van der Waals surface area contributed by atoms with Crippen LogP contribution in [0.2, 0.25) is 0 Å². The van der Waals surface area contributed by atoms with Gasteiger partial charge in [-0.15, -0.1) is 0 Å². The molecule has 9 nitrogen and oxygen atoms in total. The lowest BCUT2D eigenvalue weighted by Gasteiger charge is -2.26. The molecule has 23 heavy (non-hydrogen) atoms. The van der Waals surface area contributed by atoms with Gasteiger partial charge in [0.1, 0.15) is 6.61 Å². The zero-order valence-electron chi connectivity index (χ0n) is 13.4. The second kappa shape index (κ2) is 8.76. The van der Waals surface area contributed by atoms with Gasteiger partial charge in [0.05, 0.1) is 30.3 Å². The summed E-state index contributed by atoms with van der Waals surface area (Å²) in [7, 11) is 0. The van der Waals surface area contributed by atoms with Crippen LogP contribution in [0.3, 0.4) is 0 Å². The van der Waals surface area contributed by atoms with Crippen molar-refractivity contribution in [1.29, 1.82) is 0 Å². The molecule has 3 N–H and O–H groups in total. The quantitative estimate of drug-likeness (QED) is 0.546. The van der Waals surface area contributed by atoms with Crippen molar-refractivity contribution in [2.75, 3.05) is 19.8 Å². The first-order valence-corrected chi connectivity index (χ1v) is 7.22. The molecule has 0 aromatic carbocycles. The van der Waals surface area contributed by atoms with Crippen LogP contribution in [0.15, 0.2) is 11.3 Å². The largest absolute Gasteiger partial charge is 0.463 e. The minimum atomic E-state index is -0.586. The van der Waals surface area contributed by atoms with Crippen molar-refractivity contribution in [2.24, 2.45) is 0 Å². The smallest absolute Gasteiger partial charge is 0.338 e. The molecule has 0 aromatic heterocycles. The fourth-order valence-electron chi connectivity index (χ4n) is 1.96. The molecule has 0 spiro atoms. The van der Waals surface area contributed by atoms with Gasteiger partial charge in [0.2, 0.25) is 5.91 Å². The Balaban J connectivity index is 2.69. The maximum Gasteiger partial charge on any atom is 0.338 e. The summed E-state index contributed by atoms with van der Waals surface area (Å²) in [6, 6.07) is -1.05. The molecule has 3 amide bonds. The monoisotopic (exact) mass is 327 g/mol. The summed E-state index contributed by atoms with van der Waals surface area (Å²) in [5.41, 5.74) is 0.397. The van der Waals surface area contributed by atoms with Crippen molar-refractivity contribution in [3.05, 3.63) is 11.3 Å². The number of hydrogen-bond acceptors (Lipinski definition) is 6. The van der Waals surface area contributed by atoms with Crippen molar-refractivity contribution >= 4 is 23.9 Å². The SMILES string of the molecule is CCOC(=O)C1=C(COC(=O)CCNC(C)=O)NC(=O)N[C@@H]1C. The van der Waals surface area contributed by atoms with E-state index in [1.165, 1.54) is 6.92 Å². The molecule has 0 saturated carbocycles. The molecule has 0 unspecified atom stereocenters. The highest BCUT2D eigenvalue weighted by molar-refractivity contribution is 5.94. The maximum absolute atomic E-state index is 12.0. The lowest BCUT2D eigenvalue weighted by Crippen LogP contribution is -2.50. The predicted octanol–water partition coefficient (Wildman–Crippen LogP) is -0.426. The topological polar surface area (TPSA) is 123 Å². The number of rotatable bonds is 7. The van der Waals surface area contributed by atoms with Crippen molar-refractivity contribution in [3.63, 3.8) is 0 Å². The van der Waals surface area contributed by atoms with Gasteiger partial charge in [-0.05, 0) is 13.8 Å². The maximum atomic E-state index is 12.0. The first kappa shape index (κ1) is 18.5. The Kier molecular flexibility index (Phi) is 7.04. The number of carbonyl (C=O) groups is 4.